The third-order valence-electron chi connectivity index (χ3n) is 4.18. The van der Waals surface area contributed by atoms with Crippen LogP contribution in [0.2, 0.25) is 0 Å². The molecule has 22 heavy (non-hydrogen) atoms. The molecule has 4 heteroatoms. The summed E-state index contributed by atoms with van der Waals surface area (Å²) >= 11 is 0. The summed E-state index contributed by atoms with van der Waals surface area (Å²) in [5.41, 5.74) is 6.02. The summed E-state index contributed by atoms with van der Waals surface area (Å²) in [6, 6.07) is 7.27. The number of nitrogens with zero attached hydrogens (tertiary/aromatic N) is 1. The van der Waals surface area contributed by atoms with Crippen LogP contribution in [-0.4, -0.2) is 17.8 Å². The van der Waals surface area contributed by atoms with Crippen molar-refractivity contribution in [2.75, 3.05) is 7.11 Å². The molecule has 116 valence electrons. The van der Waals surface area contributed by atoms with E-state index in [0.717, 1.165) is 35.4 Å². The first-order valence-corrected chi connectivity index (χ1v) is 7.48. The fourth-order valence-electron chi connectivity index (χ4n) is 3.14. The van der Waals surface area contributed by atoms with Gasteiger partial charge in [-0.3, -0.25) is 0 Å². The Bertz CT molecular complexity index is 744. The topological polar surface area (TPSA) is 37.4 Å². The average molecular weight is 300 g/mol. The fraction of sp³-hybridized carbons (Fsp3) is 0.389. The molecule has 0 saturated heterocycles. The van der Waals surface area contributed by atoms with E-state index in [1.807, 2.05) is 6.07 Å². The van der Waals surface area contributed by atoms with Crippen molar-refractivity contribution >= 4 is 5.71 Å². The minimum absolute atomic E-state index is 0.144. The van der Waals surface area contributed by atoms with Crippen molar-refractivity contribution in [3.8, 4) is 11.3 Å². The zero-order valence-electron chi connectivity index (χ0n) is 13.5. The molecule has 0 aliphatic heterocycles. The van der Waals surface area contributed by atoms with E-state index in [-0.39, 0.29) is 11.2 Å². The molecule has 3 nitrogen and oxygen atoms in total. The maximum atomic E-state index is 13.5. The highest BCUT2D eigenvalue weighted by molar-refractivity contribution is 6.03. The molecule has 0 atom stereocenters. The number of aryl methyl sites for hydroxylation is 1. The summed E-state index contributed by atoms with van der Waals surface area (Å²) in [4.78, 5) is 8.49. The van der Waals surface area contributed by atoms with E-state index in [1.165, 1.54) is 11.8 Å². The Morgan fingerprint density at radius 3 is 2.68 bits per heavy atom. The van der Waals surface area contributed by atoms with Gasteiger partial charge in [0.25, 0.3) is 0 Å². The number of aromatic amines is 1. The molecular weight excluding hydrogens is 279 g/mol. The van der Waals surface area contributed by atoms with Crippen LogP contribution in [0.5, 0.6) is 0 Å². The van der Waals surface area contributed by atoms with Crippen molar-refractivity contribution in [1.82, 2.24) is 4.98 Å². The second-order valence-electron chi connectivity index (χ2n) is 6.78. The summed E-state index contributed by atoms with van der Waals surface area (Å²) in [5, 5.41) is 4.20. The van der Waals surface area contributed by atoms with Crippen molar-refractivity contribution in [2.24, 2.45) is 10.6 Å². The van der Waals surface area contributed by atoms with Gasteiger partial charge in [-0.2, -0.15) is 0 Å². The Morgan fingerprint density at radius 1 is 1.23 bits per heavy atom. The Hall–Kier alpha value is -2.10. The van der Waals surface area contributed by atoms with E-state index in [9.17, 15) is 4.39 Å². The van der Waals surface area contributed by atoms with Crippen molar-refractivity contribution in [3.05, 3.63) is 46.9 Å². The van der Waals surface area contributed by atoms with Crippen LogP contribution in [0.4, 0.5) is 4.39 Å². The van der Waals surface area contributed by atoms with Crippen LogP contribution < -0.4 is 0 Å². The number of oxime groups is 1. The molecular formula is C18H21FN2O. The van der Waals surface area contributed by atoms with E-state index >= 15 is 0 Å². The zero-order chi connectivity index (χ0) is 15.9. The highest BCUT2D eigenvalue weighted by Crippen LogP contribution is 2.37. The third kappa shape index (κ3) is 2.65. The molecule has 1 aromatic heterocycles. The lowest BCUT2D eigenvalue weighted by Gasteiger charge is -2.29. The number of hydrogen-bond acceptors (Lipinski definition) is 2. The molecule has 1 aromatic carbocycles. The van der Waals surface area contributed by atoms with E-state index < -0.39 is 0 Å². The quantitative estimate of drug-likeness (QED) is 0.817. The SMILES string of the molecule is CO/N=C1/CC(C)(C)Cc2[nH]c(-c3ccc(F)c(C)c3)cc21. The number of rotatable bonds is 2. The normalized spacial score (nSPS) is 18.3. The van der Waals surface area contributed by atoms with Gasteiger partial charge in [0, 0.05) is 17.0 Å². The van der Waals surface area contributed by atoms with E-state index in [2.05, 4.69) is 30.1 Å². The van der Waals surface area contributed by atoms with Crippen molar-refractivity contribution in [1.29, 1.82) is 0 Å². The number of nitrogens with one attached hydrogen (secondary N) is 1. The zero-order valence-corrected chi connectivity index (χ0v) is 13.5. The highest BCUT2D eigenvalue weighted by atomic mass is 19.1. The predicted molar refractivity (Wildman–Crippen MR) is 86.6 cm³/mol. The molecule has 1 N–H and O–H groups in total. The average Bonchev–Trinajstić information content (AvgIpc) is 2.84. The summed E-state index contributed by atoms with van der Waals surface area (Å²) < 4.78 is 13.5. The molecule has 0 unspecified atom stereocenters. The summed E-state index contributed by atoms with van der Waals surface area (Å²) in [6.07, 6.45) is 1.85. The molecule has 0 bridgehead atoms. The Kier molecular flexibility index (Phi) is 3.55. The monoisotopic (exact) mass is 300 g/mol. The smallest absolute Gasteiger partial charge is 0.126 e. The molecule has 1 aliphatic carbocycles. The molecule has 2 aromatic rings. The highest BCUT2D eigenvalue weighted by Gasteiger charge is 2.31. The van der Waals surface area contributed by atoms with Gasteiger partial charge in [0.15, 0.2) is 0 Å². The number of hydrogen-bond donors (Lipinski definition) is 1. The molecule has 0 fully saturated rings. The minimum Gasteiger partial charge on any atom is -0.399 e. The van der Waals surface area contributed by atoms with Gasteiger partial charge in [-0.1, -0.05) is 19.0 Å². The summed E-state index contributed by atoms with van der Waals surface area (Å²) in [5.74, 6) is -0.178. The van der Waals surface area contributed by atoms with Crippen molar-refractivity contribution in [3.63, 3.8) is 0 Å². The summed E-state index contributed by atoms with van der Waals surface area (Å²) in [6.45, 7) is 6.23. The number of H-pyrrole nitrogens is 1. The van der Waals surface area contributed by atoms with E-state index in [4.69, 9.17) is 4.84 Å². The predicted octanol–water partition coefficient (Wildman–Crippen LogP) is 4.45. The second-order valence-corrected chi connectivity index (χ2v) is 6.78. The van der Waals surface area contributed by atoms with Gasteiger partial charge in [-0.05, 0) is 60.6 Å². The molecule has 1 heterocycles. The van der Waals surface area contributed by atoms with E-state index in [0.29, 0.717) is 5.56 Å². The number of benzene rings is 1. The largest absolute Gasteiger partial charge is 0.399 e. The van der Waals surface area contributed by atoms with E-state index in [1.54, 1.807) is 20.1 Å². The van der Waals surface area contributed by atoms with Gasteiger partial charge < -0.3 is 9.82 Å². The number of halogens is 1. The Labute approximate surface area is 130 Å². The fourth-order valence-corrected chi connectivity index (χ4v) is 3.14. The molecule has 0 radical (unpaired) electrons. The minimum atomic E-state index is -0.178. The third-order valence-corrected chi connectivity index (χ3v) is 4.18. The standard InChI is InChI=1S/C18H21FN2O/c1-11-7-12(5-6-14(11)19)15-8-13-16(20-15)9-18(2,3)10-17(13)21-22-4/h5-8,20H,9-10H2,1-4H3/b21-17-. The number of fused-ring (bicyclic) bond motifs is 1. The van der Waals surface area contributed by atoms with Gasteiger partial charge in [-0.25, -0.2) is 4.39 Å². The van der Waals surface area contributed by atoms with Crippen LogP contribution in [-0.2, 0) is 11.3 Å². The van der Waals surface area contributed by atoms with Crippen LogP contribution in [0.3, 0.4) is 0 Å². The lowest BCUT2D eigenvalue weighted by molar-refractivity contribution is 0.210. The van der Waals surface area contributed by atoms with Crippen molar-refractivity contribution in [2.45, 2.75) is 33.6 Å². The van der Waals surface area contributed by atoms with Gasteiger partial charge in [0.05, 0.1) is 5.71 Å². The van der Waals surface area contributed by atoms with Gasteiger partial charge in [0.1, 0.15) is 12.9 Å². The first-order chi connectivity index (χ1) is 10.4. The van der Waals surface area contributed by atoms with Gasteiger partial charge in [0.2, 0.25) is 0 Å². The van der Waals surface area contributed by atoms with Crippen LogP contribution in [0.25, 0.3) is 11.3 Å². The van der Waals surface area contributed by atoms with Crippen molar-refractivity contribution < 1.29 is 9.23 Å². The van der Waals surface area contributed by atoms with Crippen LogP contribution >= 0.6 is 0 Å². The molecule has 1 aliphatic rings. The van der Waals surface area contributed by atoms with Crippen LogP contribution in [0.15, 0.2) is 29.4 Å². The second kappa shape index (κ2) is 5.27. The molecule has 3 rings (SSSR count). The lowest BCUT2D eigenvalue weighted by atomic mass is 9.76. The molecule has 0 amide bonds. The first-order valence-electron chi connectivity index (χ1n) is 7.48. The maximum absolute atomic E-state index is 13.5. The van der Waals surface area contributed by atoms with Gasteiger partial charge in [-0.15, -0.1) is 0 Å². The Balaban J connectivity index is 2.07. The van der Waals surface area contributed by atoms with Crippen LogP contribution in [0.1, 0.15) is 37.1 Å². The first kappa shape index (κ1) is 14.8. The van der Waals surface area contributed by atoms with Crippen LogP contribution in [0, 0.1) is 18.2 Å². The molecule has 0 saturated carbocycles. The maximum Gasteiger partial charge on any atom is 0.126 e. The Morgan fingerprint density at radius 2 is 2.00 bits per heavy atom. The lowest BCUT2D eigenvalue weighted by Crippen LogP contribution is -2.27. The molecule has 0 spiro atoms. The summed E-state index contributed by atoms with van der Waals surface area (Å²) in [7, 11) is 1.57. The van der Waals surface area contributed by atoms with Gasteiger partial charge >= 0.3 is 0 Å². The number of aromatic nitrogens is 1.